The highest BCUT2D eigenvalue weighted by Crippen LogP contribution is 2.21. The van der Waals surface area contributed by atoms with Gasteiger partial charge >= 0.3 is 6.03 Å². The molecule has 0 unspecified atom stereocenters. The number of aliphatic imine (C=N–C) groups is 1. The molecule has 0 aliphatic rings. The molecule has 29 heavy (non-hydrogen) atoms. The smallest absolute Gasteiger partial charge is 0.319 e. The Balaban J connectivity index is 2.13. The fourth-order valence-electron chi connectivity index (χ4n) is 2.17. The van der Waals surface area contributed by atoms with E-state index in [1.54, 1.807) is 30.3 Å². The summed E-state index contributed by atoms with van der Waals surface area (Å²) >= 11 is 0. The molecule has 0 fully saturated rings. The first-order valence-corrected chi connectivity index (χ1v) is 9.09. The number of nitrogens with zero attached hydrogens (tertiary/aromatic N) is 2. The largest absolute Gasteiger partial charge is 0.402 e. The van der Waals surface area contributed by atoms with Crippen LogP contribution in [0.3, 0.4) is 0 Å². The molecule has 0 aliphatic carbocycles. The summed E-state index contributed by atoms with van der Waals surface area (Å²) in [6.45, 7) is 5.79. The fourth-order valence-corrected chi connectivity index (χ4v) is 2.17. The number of allylic oxidation sites excluding steroid dienone is 1. The van der Waals surface area contributed by atoms with Crippen LogP contribution >= 0.6 is 0 Å². The van der Waals surface area contributed by atoms with Crippen molar-refractivity contribution in [1.82, 2.24) is 10.3 Å². The Morgan fingerprint density at radius 2 is 2.07 bits per heavy atom. The first-order valence-electron chi connectivity index (χ1n) is 9.09. The zero-order valence-electron chi connectivity index (χ0n) is 16.7. The SMILES string of the molecule is CC(C)(C)C(N)=CC(CNC(=O)Nc1ccc(CO)nc1)=Nc1cccc(F)c1. The molecule has 1 aromatic carbocycles. The van der Waals surface area contributed by atoms with Crippen molar-refractivity contribution < 1.29 is 14.3 Å². The zero-order chi connectivity index (χ0) is 21.4. The van der Waals surface area contributed by atoms with E-state index in [9.17, 15) is 9.18 Å². The highest BCUT2D eigenvalue weighted by molar-refractivity contribution is 6.01. The number of carbonyl (C=O) groups excluding carboxylic acids is 1. The molecule has 2 rings (SSSR count). The molecular formula is C21H26FN5O2. The molecule has 7 nitrogen and oxygen atoms in total. The van der Waals surface area contributed by atoms with Crippen LogP contribution in [0.4, 0.5) is 20.6 Å². The minimum absolute atomic E-state index is 0.0846. The van der Waals surface area contributed by atoms with Crippen molar-refractivity contribution in [3.8, 4) is 0 Å². The van der Waals surface area contributed by atoms with Gasteiger partial charge in [0.05, 0.1) is 42.1 Å². The van der Waals surface area contributed by atoms with Crippen molar-refractivity contribution in [2.45, 2.75) is 27.4 Å². The molecule has 2 aromatic rings. The lowest BCUT2D eigenvalue weighted by atomic mass is 9.91. The van der Waals surface area contributed by atoms with Crippen molar-refractivity contribution in [3.05, 3.63) is 65.9 Å². The van der Waals surface area contributed by atoms with Crippen LogP contribution in [-0.4, -0.2) is 28.4 Å². The average molecular weight is 399 g/mol. The van der Waals surface area contributed by atoms with Gasteiger partial charge < -0.3 is 21.5 Å². The molecule has 8 heteroatoms. The van der Waals surface area contributed by atoms with Crippen molar-refractivity contribution in [2.24, 2.45) is 16.1 Å². The average Bonchev–Trinajstić information content (AvgIpc) is 2.66. The van der Waals surface area contributed by atoms with E-state index in [-0.39, 0.29) is 18.6 Å². The second kappa shape index (κ2) is 9.79. The first-order chi connectivity index (χ1) is 13.7. The van der Waals surface area contributed by atoms with Gasteiger partial charge in [-0.25, -0.2) is 9.18 Å². The number of aliphatic hydroxyl groups is 1. The molecule has 0 spiro atoms. The van der Waals surface area contributed by atoms with Gasteiger partial charge in [-0.05, 0) is 36.4 Å². The van der Waals surface area contributed by atoms with Crippen molar-refractivity contribution in [2.75, 3.05) is 11.9 Å². The van der Waals surface area contributed by atoms with Crippen molar-refractivity contribution >= 4 is 23.1 Å². The maximum absolute atomic E-state index is 13.5. The van der Waals surface area contributed by atoms with E-state index in [0.29, 0.717) is 28.5 Å². The second-order valence-corrected chi connectivity index (χ2v) is 7.44. The number of hydrogen-bond acceptors (Lipinski definition) is 5. The van der Waals surface area contributed by atoms with Gasteiger partial charge in [0.15, 0.2) is 0 Å². The molecule has 0 radical (unpaired) electrons. The van der Waals surface area contributed by atoms with Crippen LogP contribution in [-0.2, 0) is 6.61 Å². The Labute approximate surface area is 169 Å². The van der Waals surface area contributed by atoms with E-state index in [1.165, 1.54) is 18.3 Å². The summed E-state index contributed by atoms with van der Waals surface area (Å²) in [4.78, 5) is 20.6. The minimum atomic E-state index is -0.460. The number of halogens is 1. The number of hydrogen-bond donors (Lipinski definition) is 4. The molecule has 0 atom stereocenters. The number of amides is 2. The van der Waals surface area contributed by atoms with E-state index in [4.69, 9.17) is 10.8 Å². The Morgan fingerprint density at radius 3 is 2.66 bits per heavy atom. The van der Waals surface area contributed by atoms with Gasteiger partial charge in [0.1, 0.15) is 5.82 Å². The van der Waals surface area contributed by atoms with Crippen LogP contribution in [0.25, 0.3) is 0 Å². The number of nitrogens with one attached hydrogen (secondary N) is 2. The predicted octanol–water partition coefficient (Wildman–Crippen LogP) is 3.50. The second-order valence-electron chi connectivity index (χ2n) is 7.44. The molecule has 2 amide bonds. The van der Waals surface area contributed by atoms with E-state index in [1.807, 2.05) is 20.8 Å². The highest BCUT2D eigenvalue weighted by atomic mass is 19.1. The molecule has 0 saturated heterocycles. The summed E-state index contributed by atoms with van der Waals surface area (Å²) in [5.41, 5.74) is 8.32. The summed E-state index contributed by atoms with van der Waals surface area (Å²) < 4.78 is 13.5. The summed E-state index contributed by atoms with van der Waals surface area (Å²) in [5, 5.41) is 14.4. The Morgan fingerprint density at radius 1 is 1.31 bits per heavy atom. The minimum Gasteiger partial charge on any atom is -0.402 e. The van der Waals surface area contributed by atoms with Crippen LogP contribution in [0.15, 0.2) is 59.4 Å². The predicted molar refractivity (Wildman–Crippen MR) is 112 cm³/mol. The maximum atomic E-state index is 13.5. The lowest BCUT2D eigenvalue weighted by Crippen LogP contribution is -2.33. The van der Waals surface area contributed by atoms with Gasteiger partial charge in [-0.1, -0.05) is 26.8 Å². The summed E-state index contributed by atoms with van der Waals surface area (Å²) in [6.07, 6.45) is 3.13. The van der Waals surface area contributed by atoms with Gasteiger partial charge in [0.25, 0.3) is 0 Å². The van der Waals surface area contributed by atoms with Crippen LogP contribution in [0.5, 0.6) is 0 Å². The van der Waals surface area contributed by atoms with Crippen LogP contribution in [0.1, 0.15) is 26.5 Å². The zero-order valence-corrected chi connectivity index (χ0v) is 16.7. The lowest BCUT2D eigenvalue weighted by Gasteiger charge is -2.19. The topological polar surface area (TPSA) is 113 Å². The van der Waals surface area contributed by atoms with E-state index < -0.39 is 11.8 Å². The Bertz CT molecular complexity index is 902. The van der Waals surface area contributed by atoms with Gasteiger partial charge in [-0.15, -0.1) is 0 Å². The molecule has 0 saturated carbocycles. The summed E-state index contributed by atoms with van der Waals surface area (Å²) in [7, 11) is 0. The third-order valence-corrected chi connectivity index (χ3v) is 3.94. The van der Waals surface area contributed by atoms with Gasteiger partial charge in [-0.3, -0.25) is 9.98 Å². The highest BCUT2D eigenvalue weighted by Gasteiger charge is 2.15. The number of benzene rings is 1. The Hall–Kier alpha value is -3.26. The van der Waals surface area contributed by atoms with Gasteiger partial charge in [0.2, 0.25) is 0 Å². The van der Waals surface area contributed by atoms with Crippen molar-refractivity contribution in [3.63, 3.8) is 0 Å². The molecule has 0 bridgehead atoms. The number of rotatable bonds is 6. The molecule has 0 aliphatic heterocycles. The molecular weight excluding hydrogens is 373 g/mol. The maximum Gasteiger partial charge on any atom is 0.319 e. The van der Waals surface area contributed by atoms with Crippen molar-refractivity contribution in [1.29, 1.82) is 0 Å². The number of aromatic nitrogens is 1. The van der Waals surface area contributed by atoms with Gasteiger partial charge in [-0.2, -0.15) is 0 Å². The number of anilines is 1. The first kappa shape index (κ1) is 22.0. The van der Waals surface area contributed by atoms with E-state index in [0.717, 1.165) is 0 Å². The molecule has 1 aromatic heterocycles. The van der Waals surface area contributed by atoms with Crippen LogP contribution in [0, 0.1) is 11.2 Å². The van der Waals surface area contributed by atoms with E-state index in [2.05, 4.69) is 20.6 Å². The number of nitrogens with two attached hydrogens (primary N) is 1. The monoisotopic (exact) mass is 399 g/mol. The summed E-state index contributed by atoms with van der Waals surface area (Å²) in [5.74, 6) is -0.400. The Kier molecular flexibility index (Phi) is 7.44. The normalized spacial score (nSPS) is 12.6. The molecule has 1 heterocycles. The third kappa shape index (κ3) is 7.34. The number of pyridine rings is 1. The molecule has 5 N–H and O–H groups in total. The van der Waals surface area contributed by atoms with Crippen LogP contribution < -0.4 is 16.4 Å². The number of urea groups is 1. The quantitative estimate of drug-likeness (QED) is 0.557. The number of aliphatic hydroxyl groups excluding tert-OH is 1. The third-order valence-electron chi connectivity index (χ3n) is 3.94. The number of carbonyl (C=O) groups is 1. The van der Waals surface area contributed by atoms with Crippen LogP contribution in [0.2, 0.25) is 0 Å². The lowest BCUT2D eigenvalue weighted by molar-refractivity contribution is 0.253. The fraction of sp³-hybridized carbons (Fsp3) is 0.286. The standard InChI is InChI=1S/C21H26FN5O2/c1-21(2,3)19(23)10-18(26-15-6-4-5-14(22)9-15)12-25-20(29)27-16-7-8-17(13-28)24-11-16/h4-11,28H,12-13,23H2,1-3H3,(H2,25,27,29). The molecule has 154 valence electrons. The van der Waals surface area contributed by atoms with E-state index >= 15 is 0 Å². The van der Waals surface area contributed by atoms with Gasteiger partial charge in [0, 0.05) is 11.1 Å². The summed E-state index contributed by atoms with van der Waals surface area (Å²) in [6, 6.07) is 8.65.